The van der Waals surface area contributed by atoms with Crippen LogP contribution in [0.2, 0.25) is 0 Å². The molecule has 2 rings (SSSR count). The average Bonchev–Trinajstić information content (AvgIpc) is 2.79. The maximum absolute atomic E-state index is 9.40. The molecule has 0 bridgehead atoms. The van der Waals surface area contributed by atoms with Gasteiger partial charge in [-0.2, -0.15) is 0 Å². The van der Waals surface area contributed by atoms with Crippen LogP contribution in [0.5, 0.6) is 0 Å². The van der Waals surface area contributed by atoms with Gasteiger partial charge >= 0.3 is 0 Å². The van der Waals surface area contributed by atoms with Crippen LogP contribution in [0.3, 0.4) is 0 Å². The summed E-state index contributed by atoms with van der Waals surface area (Å²) in [6.07, 6.45) is 2.53. The van der Waals surface area contributed by atoms with E-state index in [-0.39, 0.29) is 12.6 Å². The zero-order chi connectivity index (χ0) is 9.97. The molecule has 1 aliphatic heterocycles. The quantitative estimate of drug-likeness (QED) is 0.917. The van der Waals surface area contributed by atoms with Crippen molar-refractivity contribution in [2.24, 2.45) is 0 Å². The van der Waals surface area contributed by atoms with Crippen molar-refractivity contribution in [3.8, 4) is 0 Å². The number of aliphatic hydroxyl groups excluding tert-OH is 1. The summed E-state index contributed by atoms with van der Waals surface area (Å²) in [7, 11) is 0. The molecule has 1 saturated heterocycles. The molecule has 2 heterocycles. The van der Waals surface area contributed by atoms with E-state index >= 15 is 0 Å². The Hall–Kier alpha value is 0.1000. The maximum Gasteiger partial charge on any atom is 0.0675 e. The minimum absolute atomic E-state index is 0.216. The highest BCUT2D eigenvalue weighted by Gasteiger charge is 2.23. The van der Waals surface area contributed by atoms with Crippen molar-refractivity contribution in [3.63, 3.8) is 0 Å². The van der Waals surface area contributed by atoms with E-state index in [0.29, 0.717) is 0 Å². The molecule has 0 spiro atoms. The first-order chi connectivity index (χ1) is 6.81. The summed E-state index contributed by atoms with van der Waals surface area (Å²) in [5.41, 5.74) is 0. The molecule has 0 amide bonds. The lowest BCUT2D eigenvalue weighted by Crippen LogP contribution is -2.27. The molecule has 14 heavy (non-hydrogen) atoms. The van der Waals surface area contributed by atoms with E-state index < -0.39 is 0 Å². The van der Waals surface area contributed by atoms with E-state index in [9.17, 15) is 5.11 Å². The van der Waals surface area contributed by atoms with Crippen molar-refractivity contribution in [2.75, 3.05) is 19.7 Å². The summed E-state index contributed by atoms with van der Waals surface area (Å²) in [5.74, 6) is 0. The van der Waals surface area contributed by atoms with Crippen molar-refractivity contribution in [3.05, 3.63) is 20.8 Å². The van der Waals surface area contributed by atoms with Gasteiger partial charge in [0, 0.05) is 14.7 Å². The van der Waals surface area contributed by atoms with Crippen LogP contribution in [0.15, 0.2) is 15.9 Å². The van der Waals surface area contributed by atoms with E-state index in [1.54, 1.807) is 11.3 Å². The Balaban J connectivity index is 2.12. The minimum Gasteiger partial charge on any atom is -0.394 e. The first kappa shape index (κ1) is 10.6. The van der Waals surface area contributed by atoms with Crippen molar-refractivity contribution in [2.45, 2.75) is 18.9 Å². The lowest BCUT2D eigenvalue weighted by Gasteiger charge is -2.24. The van der Waals surface area contributed by atoms with Gasteiger partial charge in [0.15, 0.2) is 0 Å². The topological polar surface area (TPSA) is 23.5 Å². The average molecular weight is 276 g/mol. The van der Waals surface area contributed by atoms with Crippen LogP contribution < -0.4 is 0 Å². The van der Waals surface area contributed by atoms with Crippen LogP contribution >= 0.6 is 27.3 Å². The normalized spacial score (nSPS) is 20.1. The summed E-state index contributed by atoms with van der Waals surface area (Å²) in [6.45, 7) is 2.48. The van der Waals surface area contributed by atoms with Gasteiger partial charge in [0.1, 0.15) is 0 Å². The monoisotopic (exact) mass is 275 g/mol. The molecule has 1 fully saturated rings. The number of rotatable bonds is 3. The maximum atomic E-state index is 9.40. The van der Waals surface area contributed by atoms with Gasteiger partial charge in [-0.15, -0.1) is 11.3 Å². The molecule has 1 unspecified atom stereocenters. The zero-order valence-electron chi connectivity index (χ0n) is 7.95. The Kier molecular flexibility index (Phi) is 3.60. The Morgan fingerprint density at radius 1 is 1.50 bits per heavy atom. The number of thiophene rings is 1. The minimum atomic E-state index is 0.216. The van der Waals surface area contributed by atoms with Gasteiger partial charge < -0.3 is 5.11 Å². The fourth-order valence-electron chi connectivity index (χ4n) is 1.94. The fraction of sp³-hybridized carbons (Fsp3) is 0.600. The van der Waals surface area contributed by atoms with Gasteiger partial charge in [0.25, 0.3) is 0 Å². The molecule has 2 nitrogen and oxygen atoms in total. The van der Waals surface area contributed by atoms with Gasteiger partial charge in [0.05, 0.1) is 12.6 Å². The molecular weight excluding hydrogens is 262 g/mol. The molecule has 0 aromatic carbocycles. The highest BCUT2D eigenvalue weighted by molar-refractivity contribution is 9.10. The summed E-state index contributed by atoms with van der Waals surface area (Å²) in [5, 5.41) is 11.5. The number of hydrogen-bond acceptors (Lipinski definition) is 3. The van der Waals surface area contributed by atoms with E-state index in [1.807, 2.05) is 0 Å². The standard InChI is InChI=1S/C10H14BrNOS/c11-8-5-10(14-7-8)9(6-13)12-3-1-2-4-12/h5,7,9,13H,1-4,6H2. The molecule has 0 saturated carbocycles. The smallest absolute Gasteiger partial charge is 0.0675 e. The van der Waals surface area contributed by atoms with Crippen LogP contribution in [0.1, 0.15) is 23.8 Å². The van der Waals surface area contributed by atoms with Gasteiger partial charge in [0.2, 0.25) is 0 Å². The Morgan fingerprint density at radius 2 is 2.21 bits per heavy atom. The highest BCUT2D eigenvalue weighted by Crippen LogP contribution is 2.31. The summed E-state index contributed by atoms with van der Waals surface area (Å²) >= 11 is 5.17. The summed E-state index contributed by atoms with van der Waals surface area (Å²) in [6, 6.07) is 2.33. The van der Waals surface area contributed by atoms with Crippen molar-refractivity contribution in [1.82, 2.24) is 4.90 Å². The Labute approximate surface area is 96.7 Å². The summed E-state index contributed by atoms with van der Waals surface area (Å²) in [4.78, 5) is 3.64. The molecule has 1 aromatic heterocycles. The molecule has 1 atom stereocenters. The molecule has 0 radical (unpaired) electrons. The van der Waals surface area contributed by atoms with Crippen molar-refractivity contribution >= 4 is 27.3 Å². The second-order valence-corrected chi connectivity index (χ2v) is 5.47. The third kappa shape index (κ3) is 2.19. The van der Waals surface area contributed by atoms with Gasteiger partial charge in [-0.3, -0.25) is 4.90 Å². The van der Waals surface area contributed by atoms with Crippen molar-refractivity contribution in [1.29, 1.82) is 0 Å². The van der Waals surface area contributed by atoms with Crippen LogP contribution in [-0.4, -0.2) is 29.7 Å². The number of halogens is 1. The summed E-state index contributed by atoms with van der Waals surface area (Å²) < 4.78 is 1.12. The molecule has 0 aliphatic carbocycles. The molecular formula is C10H14BrNOS. The largest absolute Gasteiger partial charge is 0.394 e. The second-order valence-electron chi connectivity index (χ2n) is 3.61. The number of nitrogens with zero attached hydrogens (tertiary/aromatic N) is 1. The predicted octanol–water partition coefficient (Wildman–Crippen LogP) is 2.64. The van der Waals surface area contributed by atoms with Crippen LogP contribution in [0, 0.1) is 0 Å². The molecule has 1 aliphatic rings. The Morgan fingerprint density at radius 3 is 2.71 bits per heavy atom. The highest BCUT2D eigenvalue weighted by atomic mass is 79.9. The van der Waals surface area contributed by atoms with E-state index in [1.165, 1.54) is 17.7 Å². The van der Waals surface area contributed by atoms with Crippen LogP contribution in [0.4, 0.5) is 0 Å². The molecule has 1 N–H and O–H groups in total. The van der Waals surface area contributed by atoms with Gasteiger partial charge in [-0.1, -0.05) is 0 Å². The van der Waals surface area contributed by atoms with Crippen LogP contribution in [0.25, 0.3) is 0 Å². The number of aliphatic hydroxyl groups is 1. The fourth-order valence-corrected chi connectivity index (χ4v) is 3.51. The lowest BCUT2D eigenvalue weighted by atomic mass is 10.2. The lowest BCUT2D eigenvalue weighted by molar-refractivity contribution is 0.149. The second kappa shape index (κ2) is 4.75. The first-order valence-electron chi connectivity index (χ1n) is 4.90. The van der Waals surface area contributed by atoms with E-state index in [2.05, 4.69) is 32.3 Å². The van der Waals surface area contributed by atoms with Gasteiger partial charge in [-0.25, -0.2) is 0 Å². The van der Waals surface area contributed by atoms with E-state index in [4.69, 9.17) is 0 Å². The predicted molar refractivity (Wildman–Crippen MR) is 62.7 cm³/mol. The number of likely N-dealkylation sites (tertiary alicyclic amines) is 1. The molecule has 1 aromatic rings. The van der Waals surface area contributed by atoms with Crippen molar-refractivity contribution < 1.29 is 5.11 Å². The Bertz CT molecular complexity index is 296. The number of hydrogen-bond donors (Lipinski definition) is 1. The molecule has 78 valence electrons. The SMILES string of the molecule is OCC(c1cc(Br)cs1)N1CCCC1. The first-order valence-corrected chi connectivity index (χ1v) is 6.57. The zero-order valence-corrected chi connectivity index (χ0v) is 10.4. The van der Waals surface area contributed by atoms with Crippen LogP contribution in [-0.2, 0) is 0 Å². The third-order valence-corrected chi connectivity index (χ3v) is 4.47. The van der Waals surface area contributed by atoms with Gasteiger partial charge in [-0.05, 0) is 47.9 Å². The molecule has 4 heteroatoms. The third-order valence-electron chi connectivity index (χ3n) is 2.67. The van der Waals surface area contributed by atoms with E-state index in [0.717, 1.165) is 17.6 Å².